The maximum Gasteiger partial charge on any atom is 0.251 e. The van der Waals surface area contributed by atoms with Gasteiger partial charge < -0.3 is 10.1 Å². The number of amides is 1. The second kappa shape index (κ2) is 8.10. The Morgan fingerprint density at radius 3 is 2.71 bits per heavy atom. The van der Waals surface area contributed by atoms with Gasteiger partial charge in [-0.25, -0.2) is 13.4 Å². The summed E-state index contributed by atoms with van der Waals surface area (Å²) < 4.78 is 32.3. The van der Waals surface area contributed by atoms with Crippen LogP contribution < -0.4 is 5.32 Å². The number of nitrogens with zero attached hydrogens (tertiary/aromatic N) is 3. The first-order valence-electron chi connectivity index (χ1n) is 9.21. The molecule has 28 heavy (non-hydrogen) atoms. The molecule has 1 atom stereocenters. The van der Waals surface area contributed by atoms with Crippen LogP contribution in [0.15, 0.2) is 23.5 Å². The summed E-state index contributed by atoms with van der Waals surface area (Å²) in [5, 5.41) is 7.10. The predicted molar refractivity (Wildman–Crippen MR) is 105 cm³/mol. The minimum absolute atomic E-state index is 0.178. The van der Waals surface area contributed by atoms with Crippen LogP contribution >= 0.6 is 22.9 Å². The van der Waals surface area contributed by atoms with Gasteiger partial charge in [0.25, 0.3) is 5.91 Å². The quantitative estimate of drug-likeness (QED) is 0.704. The van der Waals surface area contributed by atoms with Crippen LogP contribution in [-0.4, -0.2) is 47.6 Å². The monoisotopic (exact) mass is 444 g/mol. The van der Waals surface area contributed by atoms with E-state index >= 15 is 0 Å². The van der Waals surface area contributed by atoms with Gasteiger partial charge in [-0.15, -0.1) is 0 Å². The summed E-state index contributed by atoms with van der Waals surface area (Å²) in [5.41, 5.74) is 0. The first-order chi connectivity index (χ1) is 13.4. The van der Waals surface area contributed by atoms with E-state index < -0.39 is 15.9 Å². The summed E-state index contributed by atoms with van der Waals surface area (Å²) in [6.45, 7) is 1.34. The van der Waals surface area contributed by atoms with Crippen molar-refractivity contribution in [3.63, 3.8) is 0 Å². The molecule has 2 aromatic heterocycles. The molecule has 0 aromatic carbocycles. The van der Waals surface area contributed by atoms with E-state index in [9.17, 15) is 13.2 Å². The lowest BCUT2D eigenvalue weighted by atomic mass is 9.92. The molecule has 8 nitrogen and oxygen atoms in total. The first kappa shape index (κ1) is 19.8. The van der Waals surface area contributed by atoms with Crippen LogP contribution in [0.1, 0.15) is 38.1 Å². The zero-order chi connectivity index (χ0) is 19.7. The number of anilines is 1. The van der Waals surface area contributed by atoms with E-state index in [1.54, 1.807) is 0 Å². The average Bonchev–Trinajstić information content (AvgIpc) is 3.30. The lowest BCUT2D eigenvalue weighted by molar-refractivity contribution is -0.120. The molecule has 0 bridgehead atoms. The van der Waals surface area contributed by atoms with Crippen molar-refractivity contribution < 1.29 is 17.9 Å². The van der Waals surface area contributed by atoms with E-state index in [4.69, 9.17) is 16.3 Å². The molecule has 11 heteroatoms. The van der Waals surface area contributed by atoms with E-state index in [1.807, 2.05) is 0 Å². The Kier molecular flexibility index (Phi) is 5.73. The molecule has 1 aliphatic carbocycles. The molecule has 3 heterocycles. The highest BCUT2D eigenvalue weighted by atomic mass is 35.5. The Morgan fingerprint density at radius 2 is 2.07 bits per heavy atom. The van der Waals surface area contributed by atoms with Crippen molar-refractivity contribution in [1.29, 1.82) is 0 Å². The van der Waals surface area contributed by atoms with E-state index in [2.05, 4.69) is 15.4 Å². The van der Waals surface area contributed by atoms with Gasteiger partial charge in [0.15, 0.2) is 15.0 Å². The van der Waals surface area contributed by atoms with Gasteiger partial charge in [-0.3, -0.25) is 9.48 Å². The standard InChI is InChI=1S/C17H21ClN4O4S2/c18-15-9-19-17(27-15)21-16(23)14(7-11-3-5-26-6-4-11)22-10-13(8-20-22)28(24,25)12-1-2-12/h8-12,14H,1-7H2,(H,19,21,23)/t14-/m1/s1. The fourth-order valence-corrected chi connectivity index (χ4v) is 5.75. The smallest absolute Gasteiger partial charge is 0.251 e. The minimum atomic E-state index is -3.36. The normalized spacial score (nSPS) is 19.5. The van der Waals surface area contributed by atoms with Crippen molar-refractivity contribution in [2.75, 3.05) is 18.5 Å². The average molecular weight is 445 g/mol. The first-order valence-corrected chi connectivity index (χ1v) is 12.0. The van der Waals surface area contributed by atoms with Crippen LogP contribution in [0.2, 0.25) is 4.34 Å². The lowest BCUT2D eigenvalue weighted by Crippen LogP contribution is -2.30. The van der Waals surface area contributed by atoms with Crippen molar-refractivity contribution >= 4 is 43.8 Å². The van der Waals surface area contributed by atoms with Crippen molar-refractivity contribution in [3.05, 3.63) is 22.9 Å². The molecule has 1 saturated heterocycles. The number of nitrogens with one attached hydrogen (secondary N) is 1. The van der Waals surface area contributed by atoms with Crippen LogP contribution in [0.25, 0.3) is 0 Å². The van der Waals surface area contributed by atoms with Gasteiger partial charge in [0.05, 0.1) is 17.6 Å². The summed E-state index contributed by atoms with van der Waals surface area (Å²) in [5.74, 6) is 0.0213. The Hall–Kier alpha value is -1.49. The van der Waals surface area contributed by atoms with Crippen LogP contribution in [0.5, 0.6) is 0 Å². The van der Waals surface area contributed by atoms with E-state index in [0.717, 1.165) is 12.8 Å². The zero-order valence-corrected chi connectivity index (χ0v) is 17.5. The minimum Gasteiger partial charge on any atom is -0.381 e. The highest BCUT2D eigenvalue weighted by molar-refractivity contribution is 7.92. The number of carbonyl (C=O) groups excluding carboxylic acids is 1. The maximum atomic E-state index is 13.0. The second-order valence-electron chi connectivity index (χ2n) is 7.17. The summed E-state index contributed by atoms with van der Waals surface area (Å²) >= 11 is 7.06. The van der Waals surface area contributed by atoms with E-state index in [0.29, 0.717) is 47.9 Å². The van der Waals surface area contributed by atoms with Crippen LogP contribution in [-0.2, 0) is 19.4 Å². The number of carbonyl (C=O) groups is 1. The van der Waals surface area contributed by atoms with Crippen LogP contribution in [0, 0.1) is 5.92 Å². The third kappa shape index (κ3) is 4.40. The fraction of sp³-hybridized carbons (Fsp3) is 0.588. The molecule has 0 radical (unpaired) electrons. The number of rotatable bonds is 7. The summed E-state index contributed by atoms with van der Waals surface area (Å²) in [4.78, 5) is 17.2. The maximum absolute atomic E-state index is 13.0. The van der Waals surface area contributed by atoms with Crippen LogP contribution in [0.3, 0.4) is 0 Å². The molecule has 1 amide bonds. The van der Waals surface area contributed by atoms with E-state index in [-0.39, 0.29) is 16.1 Å². The van der Waals surface area contributed by atoms with Crippen molar-refractivity contribution in [2.24, 2.45) is 5.92 Å². The van der Waals surface area contributed by atoms with Crippen molar-refractivity contribution in [1.82, 2.24) is 14.8 Å². The number of hydrogen-bond donors (Lipinski definition) is 1. The van der Waals surface area contributed by atoms with Crippen molar-refractivity contribution in [2.45, 2.75) is 48.3 Å². The third-order valence-corrected chi connectivity index (χ3v) is 8.34. The molecular weight excluding hydrogens is 424 g/mol. The summed E-state index contributed by atoms with van der Waals surface area (Å²) in [6.07, 6.45) is 7.95. The highest BCUT2D eigenvalue weighted by Gasteiger charge is 2.38. The molecule has 1 aliphatic heterocycles. The van der Waals surface area contributed by atoms with Gasteiger partial charge in [0, 0.05) is 19.4 Å². The number of hydrogen-bond acceptors (Lipinski definition) is 7. The number of sulfone groups is 1. The Balaban J connectivity index is 1.56. The zero-order valence-electron chi connectivity index (χ0n) is 15.1. The largest absolute Gasteiger partial charge is 0.381 e. The number of halogens is 1. The molecule has 4 rings (SSSR count). The number of ether oxygens (including phenoxy) is 1. The molecule has 1 saturated carbocycles. The topological polar surface area (TPSA) is 103 Å². The van der Waals surface area contributed by atoms with Gasteiger partial charge >= 0.3 is 0 Å². The van der Waals surface area contributed by atoms with Gasteiger partial charge in [0.1, 0.15) is 15.3 Å². The van der Waals surface area contributed by atoms with Gasteiger partial charge in [-0.1, -0.05) is 22.9 Å². The van der Waals surface area contributed by atoms with E-state index in [1.165, 1.54) is 34.6 Å². The second-order valence-corrected chi connectivity index (χ2v) is 11.1. The third-order valence-electron chi connectivity index (χ3n) is 5.10. The Morgan fingerprint density at radius 1 is 1.32 bits per heavy atom. The number of thiazole rings is 1. The van der Waals surface area contributed by atoms with Crippen molar-refractivity contribution in [3.8, 4) is 0 Å². The highest BCUT2D eigenvalue weighted by Crippen LogP contribution is 2.34. The fourth-order valence-electron chi connectivity index (χ4n) is 3.34. The van der Waals surface area contributed by atoms with Crippen LogP contribution in [0.4, 0.5) is 5.13 Å². The lowest BCUT2D eigenvalue weighted by Gasteiger charge is -2.26. The van der Waals surface area contributed by atoms with Gasteiger partial charge in [-0.2, -0.15) is 5.10 Å². The molecule has 2 aliphatic rings. The van der Waals surface area contributed by atoms with Gasteiger partial charge in [-0.05, 0) is 38.0 Å². The Labute approximate surface area is 172 Å². The molecule has 1 N–H and O–H groups in total. The van der Waals surface area contributed by atoms with Gasteiger partial charge in [0.2, 0.25) is 0 Å². The molecular formula is C17H21ClN4O4S2. The number of aromatic nitrogens is 3. The summed E-state index contributed by atoms with van der Waals surface area (Å²) in [7, 11) is -3.36. The SMILES string of the molecule is O=C(Nc1ncc(Cl)s1)[C@@H](CC1CCOCC1)n1cc(S(=O)(=O)C2CC2)cn1. The molecule has 2 fully saturated rings. The predicted octanol–water partition coefficient (Wildman–Crippen LogP) is 2.93. The Bertz CT molecular complexity index is 948. The molecule has 0 spiro atoms. The molecule has 152 valence electrons. The summed E-state index contributed by atoms with van der Waals surface area (Å²) in [6, 6.07) is -0.631. The molecule has 2 aromatic rings. The molecule has 0 unspecified atom stereocenters.